The summed E-state index contributed by atoms with van der Waals surface area (Å²) in [4.78, 5) is 2.40. The molecule has 1 saturated heterocycles. The summed E-state index contributed by atoms with van der Waals surface area (Å²) in [5.74, 6) is 0. The molecule has 2 fully saturated rings. The monoisotopic (exact) mass is 220 g/mol. The Hall–Kier alpha value is -0.550. The average molecular weight is 220 g/mol. The maximum absolute atomic E-state index is 9.09. The number of rotatable bonds is 2. The van der Waals surface area contributed by atoms with Gasteiger partial charge in [0.1, 0.15) is 0 Å². The maximum atomic E-state index is 9.09. The molecule has 90 valence electrons. The Morgan fingerprint density at radius 3 is 2.25 bits per heavy atom. The van der Waals surface area contributed by atoms with E-state index in [0.29, 0.717) is 5.41 Å². The molecule has 1 heterocycles. The lowest BCUT2D eigenvalue weighted by molar-refractivity contribution is 0.0556. The van der Waals surface area contributed by atoms with Crippen molar-refractivity contribution in [3.05, 3.63) is 0 Å². The van der Waals surface area contributed by atoms with Crippen molar-refractivity contribution in [1.82, 2.24) is 4.90 Å². The van der Waals surface area contributed by atoms with E-state index in [-0.39, 0.29) is 6.04 Å². The van der Waals surface area contributed by atoms with Gasteiger partial charge in [0.2, 0.25) is 0 Å². The van der Waals surface area contributed by atoms with E-state index in [4.69, 9.17) is 5.26 Å². The lowest BCUT2D eigenvalue weighted by Gasteiger charge is -2.45. The van der Waals surface area contributed by atoms with Crippen LogP contribution in [0.2, 0.25) is 0 Å². The summed E-state index contributed by atoms with van der Waals surface area (Å²) < 4.78 is 0. The van der Waals surface area contributed by atoms with Gasteiger partial charge in [-0.05, 0) is 50.6 Å². The SMILES string of the molecule is CCC(C#N)N1CCC2(CCCCC2)CC1. The molecule has 1 atom stereocenters. The molecule has 1 unspecified atom stereocenters. The van der Waals surface area contributed by atoms with Gasteiger partial charge in [-0.3, -0.25) is 4.90 Å². The minimum absolute atomic E-state index is 0.168. The molecule has 1 saturated carbocycles. The van der Waals surface area contributed by atoms with Crippen LogP contribution in [-0.2, 0) is 0 Å². The van der Waals surface area contributed by atoms with Crippen molar-refractivity contribution in [2.45, 2.75) is 64.3 Å². The molecule has 1 aliphatic heterocycles. The molecule has 0 bridgehead atoms. The smallest absolute Gasteiger partial charge is 0.0975 e. The van der Waals surface area contributed by atoms with Gasteiger partial charge in [0.25, 0.3) is 0 Å². The Morgan fingerprint density at radius 1 is 1.12 bits per heavy atom. The number of hydrogen-bond donors (Lipinski definition) is 0. The molecular formula is C14H24N2. The standard InChI is InChI=1S/C14H24N2/c1-2-13(12-15)16-10-8-14(9-11-16)6-4-3-5-7-14/h13H,2-11H2,1H3. The molecule has 2 rings (SSSR count). The van der Waals surface area contributed by atoms with Crippen LogP contribution in [0.25, 0.3) is 0 Å². The van der Waals surface area contributed by atoms with Crippen LogP contribution in [0.1, 0.15) is 58.3 Å². The number of nitrogens with zero attached hydrogens (tertiary/aromatic N) is 2. The molecule has 0 amide bonds. The quantitative estimate of drug-likeness (QED) is 0.713. The summed E-state index contributed by atoms with van der Waals surface area (Å²) in [6, 6.07) is 2.61. The molecule has 0 radical (unpaired) electrons. The highest BCUT2D eigenvalue weighted by Crippen LogP contribution is 2.44. The van der Waals surface area contributed by atoms with E-state index < -0.39 is 0 Å². The van der Waals surface area contributed by atoms with Crippen molar-refractivity contribution in [3.63, 3.8) is 0 Å². The fraction of sp³-hybridized carbons (Fsp3) is 0.929. The van der Waals surface area contributed by atoms with Gasteiger partial charge in [0.15, 0.2) is 0 Å². The van der Waals surface area contributed by atoms with Crippen molar-refractivity contribution in [2.75, 3.05) is 13.1 Å². The first-order chi connectivity index (χ1) is 7.79. The summed E-state index contributed by atoms with van der Waals surface area (Å²) in [5.41, 5.74) is 0.669. The highest BCUT2D eigenvalue weighted by Gasteiger charge is 2.36. The Balaban J connectivity index is 1.88. The van der Waals surface area contributed by atoms with Crippen LogP contribution in [0.3, 0.4) is 0 Å². The van der Waals surface area contributed by atoms with Crippen LogP contribution in [0.4, 0.5) is 0 Å². The maximum Gasteiger partial charge on any atom is 0.0975 e. The third kappa shape index (κ3) is 2.40. The molecule has 0 N–H and O–H groups in total. The van der Waals surface area contributed by atoms with Gasteiger partial charge < -0.3 is 0 Å². The van der Waals surface area contributed by atoms with Crippen LogP contribution in [0.15, 0.2) is 0 Å². The average Bonchev–Trinajstić information content (AvgIpc) is 2.34. The molecule has 1 spiro atoms. The second kappa shape index (κ2) is 5.19. The third-order valence-electron chi connectivity index (χ3n) is 4.75. The molecule has 0 aromatic carbocycles. The van der Waals surface area contributed by atoms with Crippen LogP contribution < -0.4 is 0 Å². The highest BCUT2D eigenvalue weighted by molar-refractivity contribution is 4.96. The number of hydrogen-bond acceptors (Lipinski definition) is 2. The Bertz CT molecular complexity index is 250. The summed E-state index contributed by atoms with van der Waals surface area (Å²) in [5, 5.41) is 9.09. The lowest BCUT2D eigenvalue weighted by atomic mass is 9.68. The van der Waals surface area contributed by atoms with Crippen molar-refractivity contribution in [3.8, 4) is 6.07 Å². The molecule has 1 aliphatic carbocycles. The molecule has 0 aromatic heterocycles. The van der Waals surface area contributed by atoms with Gasteiger partial charge >= 0.3 is 0 Å². The molecular weight excluding hydrogens is 196 g/mol. The van der Waals surface area contributed by atoms with E-state index in [1.165, 1.54) is 44.9 Å². The Morgan fingerprint density at radius 2 is 1.75 bits per heavy atom. The number of nitriles is 1. The van der Waals surface area contributed by atoms with E-state index in [1.807, 2.05) is 0 Å². The molecule has 2 nitrogen and oxygen atoms in total. The first-order valence-electron chi connectivity index (χ1n) is 6.93. The van der Waals surface area contributed by atoms with Gasteiger partial charge in [-0.1, -0.05) is 26.2 Å². The normalized spacial score (nSPS) is 27.5. The highest BCUT2D eigenvalue weighted by atomic mass is 15.2. The van der Waals surface area contributed by atoms with Gasteiger partial charge in [-0.25, -0.2) is 0 Å². The number of piperidine rings is 1. The minimum atomic E-state index is 0.168. The predicted molar refractivity (Wildman–Crippen MR) is 66.0 cm³/mol. The van der Waals surface area contributed by atoms with Gasteiger partial charge in [0, 0.05) is 0 Å². The third-order valence-corrected chi connectivity index (χ3v) is 4.75. The predicted octanol–water partition coefficient (Wildman–Crippen LogP) is 3.33. The van der Waals surface area contributed by atoms with E-state index in [1.54, 1.807) is 0 Å². The van der Waals surface area contributed by atoms with E-state index in [0.717, 1.165) is 19.5 Å². The molecule has 2 heteroatoms. The zero-order valence-electron chi connectivity index (χ0n) is 10.5. The Kier molecular flexibility index (Phi) is 3.86. The van der Waals surface area contributed by atoms with Crippen LogP contribution in [-0.4, -0.2) is 24.0 Å². The zero-order chi connectivity index (χ0) is 11.4. The summed E-state index contributed by atoms with van der Waals surface area (Å²) in [7, 11) is 0. The largest absolute Gasteiger partial charge is 0.288 e. The van der Waals surface area contributed by atoms with E-state index >= 15 is 0 Å². The fourth-order valence-corrected chi connectivity index (χ4v) is 3.54. The van der Waals surface area contributed by atoms with Crippen LogP contribution >= 0.6 is 0 Å². The first kappa shape index (κ1) is 11.9. The van der Waals surface area contributed by atoms with Gasteiger partial charge in [0.05, 0.1) is 12.1 Å². The second-order valence-corrected chi connectivity index (χ2v) is 5.65. The van der Waals surface area contributed by atoms with Crippen molar-refractivity contribution >= 4 is 0 Å². The summed E-state index contributed by atoms with van der Waals surface area (Å²) in [6.07, 6.45) is 10.9. The van der Waals surface area contributed by atoms with Crippen molar-refractivity contribution in [2.24, 2.45) is 5.41 Å². The zero-order valence-corrected chi connectivity index (χ0v) is 10.5. The van der Waals surface area contributed by atoms with E-state index in [2.05, 4.69) is 17.9 Å². The second-order valence-electron chi connectivity index (χ2n) is 5.65. The summed E-state index contributed by atoms with van der Waals surface area (Å²) in [6.45, 7) is 4.44. The van der Waals surface area contributed by atoms with Gasteiger partial charge in [-0.2, -0.15) is 5.26 Å². The molecule has 2 aliphatic rings. The fourth-order valence-electron chi connectivity index (χ4n) is 3.54. The number of likely N-dealkylation sites (tertiary alicyclic amines) is 1. The van der Waals surface area contributed by atoms with Crippen LogP contribution in [0.5, 0.6) is 0 Å². The topological polar surface area (TPSA) is 27.0 Å². The Labute approximate surface area is 99.6 Å². The first-order valence-corrected chi connectivity index (χ1v) is 6.93. The molecule has 16 heavy (non-hydrogen) atoms. The molecule has 0 aromatic rings. The van der Waals surface area contributed by atoms with Crippen molar-refractivity contribution in [1.29, 1.82) is 5.26 Å². The lowest BCUT2D eigenvalue weighted by Crippen LogP contribution is -2.45. The summed E-state index contributed by atoms with van der Waals surface area (Å²) >= 11 is 0. The van der Waals surface area contributed by atoms with Crippen LogP contribution in [0, 0.1) is 16.7 Å². The van der Waals surface area contributed by atoms with E-state index in [9.17, 15) is 0 Å². The van der Waals surface area contributed by atoms with Crippen molar-refractivity contribution < 1.29 is 0 Å². The van der Waals surface area contributed by atoms with Gasteiger partial charge in [-0.15, -0.1) is 0 Å². The minimum Gasteiger partial charge on any atom is -0.288 e.